The maximum Gasteiger partial charge on any atom is 0.326 e. The van der Waals surface area contributed by atoms with Crippen LogP contribution < -0.4 is 21.7 Å². The number of hydrogen-bond acceptors (Lipinski definition) is 7. The Morgan fingerprint density at radius 2 is 1.44 bits per heavy atom. The van der Waals surface area contributed by atoms with E-state index >= 15 is 0 Å². The van der Waals surface area contributed by atoms with Crippen LogP contribution in [0.25, 0.3) is 0 Å². The zero-order chi connectivity index (χ0) is 21.1. The van der Waals surface area contributed by atoms with Gasteiger partial charge in [-0.15, -0.1) is 0 Å². The summed E-state index contributed by atoms with van der Waals surface area (Å²) in [5.41, 5.74) is 5.13. The van der Waals surface area contributed by atoms with Gasteiger partial charge in [-0.05, 0) is 12.3 Å². The van der Waals surface area contributed by atoms with Gasteiger partial charge >= 0.3 is 11.9 Å². The highest BCUT2D eigenvalue weighted by molar-refractivity contribution is 7.80. The topological polar surface area (TPSA) is 188 Å². The quantitative estimate of drug-likeness (QED) is 0.180. The second kappa shape index (κ2) is 12.1. The number of carboxylic acid groups (broad SMARTS) is 2. The third kappa shape index (κ3) is 9.80. The van der Waals surface area contributed by atoms with E-state index in [-0.39, 0.29) is 18.1 Å². The first-order chi connectivity index (χ1) is 12.5. The monoisotopic (exact) mass is 406 g/mol. The predicted molar refractivity (Wildman–Crippen MR) is 98.0 cm³/mol. The lowest BCUT2D eigenvalue weighted by Gasteiger charge is -2.23. The smallest absolute Gasteiger partial charge is 0.326 e. The third-order valence-corrected chi connectivity index (χ3v) is 3.72. The van der Waals surface area contributed by atoms with Crippen LogP contribution in [0.1, 0.15) is 26.7 Å². The van der Waals surface area contributed by atoms with Crippen molar-refractivity contribution in [3.05, 3.63) is 0 Å². The highest BCUT2D eigenvalue weighted by Crippen LogP contribution is 2.06. The van der Waals surface area contributed by atoms with Crippen molar-refractivity contribution in [3.8, 4) is 0 Å². The van der Waals surface area contributed by atoms with Crippen LogP contribution in [0, 0.1) is 5.92 Å². The molecule has 27 heavy (non-hydrogen) atoms. The molecule has 0 aliphatic carbocycles. The number of thiol groups is 1. The van der Waals surface area contributed by atoms with Crippen molar-refractivity contribution in [2.45, 2.75) is 44.8 Å². The molecule has 11 nitrogen and oxygen atoms in total. The average Bonchev–Trinajstić information content (AvgIpc) is 2.56. The lowest BCUT2D eigenvalue weighted by atomic mass is 10.0. The van der Waals surface area contributed by atoms with Crippen molar-refractivity contribution < 1.29 is 34.2 Å². The van der Waals surface area contributed by atoms with Crippen LogP contribution >= 0.6 is 12.6 Å². The van der Waals surface area contributed by atoms with E-state index in [4.69, 9.17) is 10.8 Å². The van der Waals surface area contributed by atoms with Crippen LogP contribution in [0.15, 0.2) is 0 Å². The molecule has 0 bridgehead atoms. The molecule has 0 aromatic heterocycles. The molecule has 7 N–H and O–H groups in total. The minimum atomic E-state index is -1.44. The predicted octanol–water partition coefficient (Wildman–Crippen LogP) is -2.07. The van der Waals surface area contributed by atoms with Gasteiger partial charge in [-0.1, -0.05) is 13.8 Å². The number of nitrogens with one attached hydrogen (secondary N) is 3. The molecule has 0 fully saturated rings. The number of carbonyl (C=O) groups excluding carboxylic acids is 3. The summed E-state index contributed by atoms with van der Waals surface area (Å²) in [6.07, 6.45) is -0.536. The summed E-state index contributed by atoms with van der Waals surface area (Å²) >= 11 is 3.95. The lowest BCUT2D eigenvalue weighted by Crippen LogP contribution is -2.57. The fraction of sp³-hybridized carbons (Fsp3) is 0.667. The van der Waals surface area contributed by atoms with Crippen molar-refractivity contribution >= 4 is 42.3 Å². The van der Waals surface area contributed by atoms with Crippen LogP contribution in [-0.4, -0.2) is 70.3 Å². The van der Waals surface area contributed by atoms with E-state index in [0.717, 1.165) is 0 Å². The van der Waals surface area contributed by atoms with E-state index in [1.807, 2.05) is 0 Å². The summed E-state index contributed by atoms with van der Waals surface area (Å²) in [6.45, 7) is 3.13. The molecule has 3 atom stereocenters. The van der Waals surface area contributed by atoms with Crippen molar-refractivity contribution in [3.63, 3.8) is 0 Å². The summed E-state index contributed by atoms with van der Waals surface area (Å²) in [6, 6.07) is -3.82. The first-order valence-corrected chi connectivity index (χ1v) is 8.80. The number of amides is 3. The molecule has 0 radical (unpaired) electrons. The maximum atomic E-state index is 12.3. The summed E-state index contributed by atoms with van der Waals surface area (Å²) in [5, 5.41) is 24.7. The summed E-state index contributed by atoms with van der Waals surface area (Å²) in [7, 11) is 0. The molecule has 0 aliphatic heterocycles. The fourth-order valence-corrected chi connectivity index (χ4v) is 2.33. The molecule has 0 aliphatic rings. The SMILES string of the molecule is CC(C)CC(NC(=O)C(CS)NC(=O)C(CC(=O)O)NC(=O)CN)C(=O)O. The van der Waals surface area contributed by atoms with Gasteiger partial charge < -0.3 is 31.9 Å². The molecule has 0 aromatic carbocycles. The molecular weight excluding hydrogens is 380 g/mol. The molecular formula is C15H26N4O7S. The van der Waals surface area contributed by atoms with Gasteiger partial charge in [0.2, 0.25) is 17.7 Å². The molecule has 154 valence electrons. The molecule has 12 heteroatoms. The van der Waals surface area contributed by atoms with E-state index in [2.05, 4.69) is 28.6 Å². The highest BCUT2D eigenvalue weighted by atomic mass is 32.1. The number of rotatable bonds is 12. The van der Waals surface area contributed by atoms with Crippen LogP contribution in [0.2, 0.25) is 0 Å². The Morgan fingerprint density at radius 1 is 0.926 bits per heavy atom. The Bertz CT molecular complexity index is 570. The molecule has 0 aromatic rings. The first kappa shape index (κ1) is 24.7. The first-order valence-electron chi connectivity index (χ1n) is 8.17. The molecule has 0 heterocycles. The minimum absolute atomic E-state index is 0.00173. The molecule has 3 amide bonds. The molecule has 0 saturated carbocycles. The van der Waals surface area contributed by atoms with Gasteiger partial charge in [-0.25, -0.2) is 4.79 Å². The zero-order valence-electron chi connectivity index (χ0n) is 15.1. The van der Waals surface area contributed by atoms with Crippen LogP contribution in [0.4, 0.5) is 0 Å². The lowest BCUT2D eigenvalue weighted by molar-refractivity contribution is -0.143. The Balaban J connectivity index is 5.10. The number of carbonyl (C=O) groups is 5. The van der Waals surface area contributed by atoms with Gasteiger partial charge in [0.15, 0.2) is 0 Å². The van der Waals surface area contributed by atoms with Gasteiger partial charge in [-0.2, -0.15) is 12.6 Å². The van der Waals surface area contributed by atoms with Gasteiger partial charge in [0.05, 0.1) is 13.0 Å². The third-order valence-electron chi connectivity index (χ3n) is 3.35. The standard InChI is InChI=1S/C15H26N4O7S/c1-7(2)3-9(15(25)26)18-14(24)10(6-27)19-13(23)8(4-12(21)22)17-11(20)5-16/h7-10,27H,3-6,16H2,1-2H3,(H,17,20)(H,18,24)(H,19,23)(H,21,22)(H,25,26). The Hall–Kier alpha value is -2.34. The van der Waals surface area contributed by atoms with Crippen LogP contribution in [-0.2, 0) is 24.0 Å². The van der Waals surface area contributed by atoms with E-state index < -0.39 is 60.8 Å². The van der Waals surface area contributed by atoms with E-state index in [0.29, 0.717) is 0 Å². The number of hydrogen-bond donors (Lipinski definition) is 7. The number of aliphatic carboxylic acids is 2. The Kier molecular flexibility index (Phi) is 11.1. The molecule has 0 saturated heterocycles. The number of carboxylic acids is 2. The van der Waals surface area contributed by atoms with E-state index in [1.165, 1.54) is 0 Å². The van der Waals surface area contributed by atoms with Crippen LogP contribution in [0.3, 0.4) is 0 Å². The molecule has 0 spiro atoms. The second-order valence-electron chi connectivity index (χ2n) is 6.19. The van der Waals surface area contributed by atoms with Crippen LogP contribution in [0.5, 0.6) is 0 Å². The van der Waals surface area contributed by atoms with Gasteiger partial charge in [0.1, 0.15) is 18.1 Å². The second-order valence-corrected chi connectivity index (χ2v) is 6.56. The van der Waals surface area contributed by atoms with Gasteiger partial charge in [0, 0.05) is 5.75 Å². The minimum Gasteiger partial charge on any atom is -0.481 e. The zero-order valence-corrected chi connectivity index (χ0v) is 16.0. The van der Waals surface area contributed by atoms with E-state index in [1.54, 1.807) is 13.8 Å². The molecule has 0 rings (SSSR count). The summed E-state index contributed by atoms with van der Waals surface area (Å²) in [5.74, 6) is -5.19. The van der Waals surface area contributed by atoms with Crippen molar-refractivity contribution in [1.29, 1.82) is 0 Å². The van der Waals surface area contributed by atoms with Crippen molar-refractivity contribution in [1.82, 2.24) is 16.0 Å². The maximum absolute atomic E-state index is 12.3. The fourth-order valence-electron chi connectivity index (χ4n) is 2.07. The normalized spacial score (nSPS) is 14.0. The Labute approximate surface area is 161 Å². The largest absolute Gasteiger partial charge is 0.481 e. The average molecular weight is 406 g/mol. The molecule has 3 unspecified atom stereocenters. The van der Waals surface area contributed by atoms with E-state index in [9.17, 15) is 29.1 Å². The van der Waals surface area contributed by atoms with Gasteiger partial charge in [-0.3, -0.25) is 19.2 Å². The summed E-state index contributed by atoms with van der Waals surface area (Å²) < 4.78 is 0. The Morgan fingerprint density at radius 3 is 1.85 bits per heavy atom. The van der Waals surface area contributed by atoms with Gasteiger partial charge in [0.25, 0.3) is 0 Å². The number of nitrogens with two attached hydrogens (primary N) is 1. The summed E-state index contributed by atoms with van der Waals surface area (Å²) in [4.78, 5) is 58.0. The van der Waals surface area contributed by atoms with Crippen molar-refractivity contribution in [2.24, 2.45) is 11.7 Å². The van der Waals surface area contributed by atoms with Crippen molar-refractivity contribution in [2.75, 3.05) is 12.3 Å². The highest BCUT2D eigenvalue weighted by Gasteiger charge is 2.30.